The Morgan fingerprint density at radius 2 is 1.58 bits per heavy atom. The molecule has 2 amide bonds. The van der Waals surface area contributed by atoms with Crippen molar-refractivity contribution in [3.63, 3.8) is 0 Å². The van der Waals surface area contributed by atoms with E-state index < -0.39 is 34.8 Å². The lowest BCUT2D eigenvalue weighted by atomic mass is 9.80. The van der Waals surface area contributed by atoms with Crippen molar-refractivity contribution in [2.45, 2.75) is 17.0 Å². The Labute approximate surface area is 266 Å². The summed E-state index contributed by atoms with van der Waals surface area (Å²) >= 11 is 2.46. The topological polar surface area (TPSA) is 147 Å². The maximum Gasteiger partial charge on any atom is 0.352 e. The summed E-state index contributed by atoms with van der Waals surface area (Å²) in [5.74, 6) is -2.19. The zero-order valence-electron chi connectivity index (χ0n) is 23.7. The monoisotopic (exact) mass is 637 g/mol. The van der Waals surface area contributed by atoms with Crippen LogP contribution < -0.4 is 11.1 Å². The number of carboxylic acid groups (broad SMARTS) is 1. The minimum Gasteiger partial charge on any atom is -0.477 e. The first kappa shape index (κ1) is 29.9. The highest BCUT2D eigenvalue weighted by molar-refractivity contribution is 8.00. The van der Waals surface area contributed by atoms with Crippen LogP contribution in [0.1, 0.15) is 22.4 Å². The summed E-state index contributed by atoms with van der Waals surface area (Å²) in [6.07, 6.45) is 1.43. The van der Waals surface area contributed by atoms with Crippen molar-refractivity contribution < 1.29 is 24.3 Å². The number of aromatic nitrogens is 1. The van der Waals surface area contributed by atoms with E-state index in [2.05, 4.69) is 22.0 Å². The molecule has 0 aliphatic carbocycles. The van der Waals surface area contributed by atoms with E-state index in [0.717, 1.165) is 28.0 Å². The molecular formula is C33H27N5O5S2. The third-order valence-corrected chi connectivity index (χ3v) is 9.50. The number of allylic oxidation sites excluding steroid dienone is 1. The molecule has 2 aliphatic heterocycles. The summed E-state index contributed by atoms with van der Waals surface area (Å²) < 4.78 is 0. The van der Waals surface area contributed by atoms with E-state index in [1.165, 1.54) is 22.7 Å². The van der Waals surface area contributed by atoms with Gasteiger partial charge in [0.2, 0.25) is 5.60 Å². The average Bonchev–Trinajstić information content (AvgIpc) is 3.51. The summed E-state index contributed by atoms with van der Waals surface area (Å²) in [6.45, 7) is 3.67. The van der Waals surface area contributed by atoms with Gasteiger partial charge in [0, 0.05) is 27.8 Å². The normalized spacial score (nSPS) is 18.1. The minimum atomic E-state index is -1.28. The van der Waals surface area contributed by atoms with Gasteiger partial charge in [0.15, 0.2) is 10.8 Å². The van der Waals surface area contributed by atoms with Gasteiger partial charge in [0.05, 0.1) is 0 Å². The number of rotatable bonds is 10. The van der Waals surface area contributed by atoms with Crippen LogP contribution in [-0.2, 0) is 24.8 Å². The Morgan fingerprint density at radius 1 is 1.02 bits per heavy atom. The lowest BCUT2D eigenvalue weighted by Crippen LogP contribution is -2.71. The molecule has 0 spiro atoms. The number of nitrogens with zero attached hydrogens (tertiary/aromatic N) is 3. The second-order valence-corrected chi connectivity index (χ2v) is 12.1. The number of fused-ring (bicyclic) bond motifs is 1. The zero-order valence-corrected chi connectivity index (χ0v) is 25.3. The number of β-lactam (4-membered cyclic amide) rings is 1. The standard InChI is InChI=1S/C33H27N5O5S2/c1-2-20-18-44-30-26(29(40)38(30)27(20)31(41)42)36-28(39)25(24-19-45-32(34)35-24)37-43-33(21-12-6-3-7-13-21,22-14-8-4-9-15-22)23-16-10-5-11-17-23/h2-17,19,26,30H,1,18H2,(H2,34,35)(H,36,39)(H,41,42)/b37-25+/t26-,30-/m1/s1. The van der Waals surface area contributed by atoms with Crippen LogP contribution in [0, 0.1) is 0 Å². The van der Waals surface area contributed by atoms with Crippen LogP contribution in [0.25, 0.3) is 0 Å². The molecular weight excluding hydrogens is 611 g/mol. The fraction of sp³-hybridized carbons (Fsp3) is 0.121. The number of thiazole rings is 1. The summed E-state index contributed by atoms with van der Waals surface area (Å²) in [4.78, 5) is 51.1. The predicted octanol–water partition coefficient (Wildman–Crippen LogP) is 4.36. The molecule has 3 heterocycles. The molecule has 1 aromatic heterocycles. The van der Waals surface area contributed by atoms with Gasteiger partial charge in [0.25, 0.3) is 11.8 Å². The molecule has 0 saturated carbocycles. The maximum absolute atomic E-state index is 13.9. The molecule has 0 radical (unpaired) electrons. The summed E-state index contributed by atoms with van der Waals surface area (Å²) in [7, 11) is 0. The molecule has 3 aromatic carbocycles. The first-order chi connectivity index (χ1) is 21.8. The van der Waals surface area contributed by atoms with Gasteiger partial charge in [-0.1, -0.05) is 109 Å². The molecule has 2 aliphatic rings. The lowest BCUT2D eigenvalue weighted by Gasteiger charge is -2.49. The first-order valence-corrected chi connectivity index (χ1v) is 15.8. The van der Waals surface area contributed by atoms with Gasteiger partial charge in [-0.3, -0.25) is 14.5 Å². The number of nitrogen functional groups attached to an aromatic ring is 1. The number of carbonyl (C=O) groups excluding carboxylic acids is 2. The number of carbonyl (C=O) groups is 3. The van der Waals surface area contributed by atoms with Gasteiger partial charge in [-0.2, -0.15) is 0 Å². The highest BCUT2D eigenvalue weighted by Gasteiger charge is 2.54. The quantitative estimate of drug-likeness (QED) is 0.101. The fourth-order valence-electron chi connectivity index (χ4n) is 5.40. The second kappa shape index (κ2) is 12.4. The first-order valence-electron chi connectivity index (χ1n) is 13.8. The number of aliphatic carboxylic acids is 1. The van der Waals surface area contributed by atoms with Gasteiger partial charge in [-0.05, 0) is 5.57 Å². The van der Waals surface area contributed by atoms with E-state index in [4.69, 9.17) is 10.6 Å². The number of nitrogens with one attached hydrogen (secondary N) is 1. The van der Waals surface area contributed by atoms with Crippen LogP contribution in [0.4, 0.5) is 5.13 Å². The molecule has 0 unspecified atom stereocenters. The molecule has 1 fully saturated rings. The molecule has 6 rings (SSSR count). The van der Waals surface area contributed by atoms with Crippen LogP contribution >= 0.6 is 23.1 Å². The molecule has 4 aromatic rings. The Hall–Kier alpha value is -5.20. The van der Waals surface area contributed by atoms with E-state index in [1.54, 1.807) is 5.38 Å². The molecule has 226 valence electrons. The highest BCUT2D eigenvalue weighted by Crippen LogP contribution is 2.42. The zero-order chi connectivity index (χ0) is 31.6. The number of carboxylic acids is 1. The molecule has 45 heavy (non-hydrogen) atoms. The van der Waals surface area contributed by atoms with Gasteiger partial charge in [-0.25, -0.2) is 9.78 Å². The van der Waals surface area contributed by atoms with Gasteiger partial charge >= 0.3 is 5.97 Å². The number of thioether (sulfide) groups is 1. The molecule has 2 atom stereocenters. The molecule has 10 nitrogen and oxygen atoms in total. The largest absolute Gasteiger partial charge is 0.477 e. The number of hydrogen-bond acceptors (Lipinski definition) is 9. The van der Waals surface area contributed by atoms with Crippen LogP contribution in [0.15, 0.2) is 125 Å². The number of oxime groups is 1. The average molecular weight is 638 g/mol. The molecule has 1 saturated heterocycles. The van der Waals surface area contributed by atoms with Crippen molar-refractivity contribution in [3.8, 4) is 0 Å². The number of amides is 2. The SMILES string of the molecule is C=CC1=C(C(=O)O)N2C(=O)[C@@H](NC(=O)/C(=N/OC(c3ccccc3)(c3ccccc3)c3ccccc3)c3csc(N)n3)[C@H]2SC1. The maximum atomic E-state index is 13.9. The van der Waals surface area contributed by atoms with E-state index in [9.17, 15) is 19.5 Å². The second-order valence-electron chi connectivity index (χ2n) is 10.1. The summed E-state index contributed by atoms with van der Waals surface area (Å²) in [5.41, 5.74) is 7.23. The van der Waals surface area contributed by atoms with Crippen molar-refractivity contribution in [1.29, 1.82) is 0 Å². The van der Waals surface area contributed by atoms with E-state index in [0.29, 0.717) is 11.3 Å². The number of hydrogen-bond donors (Lipinski definition) is 3. The number of benzene rings is 3. The van der Waals surface area contributed by atoms with Crippen LogP contribution in [0.3, 0.4) is 0 Å². The summed E-state index contributed by atoms with van der Waals surface area (Å²) in [6, 6.07) is 27.6. The molecule has 0 bridgehead atoms. The van der Waals surface area contributed by atoms with Crippen molar-refractivity contribution in [3.05, 3.63) is 143 Å². The predicted molar refractivity (Wildman–Crippen MR) is 173 cm³/mol. The van der Waals surface area contributed by atoms with Crippen molar-refractivity contribution in [1.82, 2.24) is 15.2 Å². The van der Waals surface area contributed by atoms with Crippen LogP contribution in [0.2, 0.25) is 0 Å². The lowest BCUT2D eigenvalue weighted by molar-refractivity contribution is -0.150. The van der Waals surface area contributed by atoms with Crippen molar-refractivity contribution >= 4 is 51.7 Å². The van der Waals surface area contributed by atoms with Gasteiger partial charge in [0.1, 0.15) is 22.8 Å². The molecule has 4 N–H and O–H groups in total. The Morgan fingerprint density at radius 3 is 2.04 bits per heavy atom. The smallest absolute Gasteiger partial charge is 0.352 e. The Bertz CT molecular complexity index is 1730. The Balaban J connectivity index is 1.40. The van der Waals surface area contributed by atoms with Crippen LogP contribution in [0.5, 0.6) is 0 Å². The fourth-order valence-corrected chi connectivity index (χ4v) is 7.29. The van der Waals surface area contributed by atoms with Gasteiger partial charge in [-0.15, -0.1) is 23.1 Å². The Kier molecular flexibility index (Phi) is 8.24. The van der Waals surface area contributed by atoms with Crippen molar-refractivity contribution in [2.75, 3.05) is 11.5 Å². The number of nitrogens with two attached hydrogens (primary N) is 1. The summed E-state index contributed by atoms with van der Waals surface area (Å²) in [5, 5.41) is 18.2. The van der Waals surface area contributed by atoms with Gasteiger partial charge < -0.3 is 21.0 Å². The van der Waals surface area contributed by atoms with Crippen molar-refractivity contribution in [2.24, 2.45) is 5.16 Å². The minimum absolute atomic E-state index is 0.132. The van der Waals surface area contributed by atoms with E-state index in [-0.39, 0.29) is 22.2 Å². The van der Waals surface area contributed by atoms with E-state index in [1.807, 2.05) is 91.0 Å². The highest BCUT2D eigenvalue weighted by atomic mass is 32.2. The third kappa shape index (κ3) is 5.38. The third-order valence-electron chi connectivity index (χ3n) is 7.53. The number of anilines is 1. The molecule has 12 heteroatoms. The van der Waals surface area contributed by atoms with E-state index >= 15 is 0 Å². The van der Waals surface area contributed by atoms with Crippen LogP contribution in [-0.4, -0.2) is 55.7 Å².